The molecule has 0 saturated carbocycles. The number of benzene rings is 2. The highest BCUT2D eigenvalue weighted by Crippen LogP contribution is 2.36. The molecule has 0 saturated heterocycles. The summed E-state index contributed by atoms with van der Waals surface area (Å²) >= 11 is 0. The van der Waals surface area contributed by atoms with Crippen molar-refractivity contribution < 1.29 is 22.4 Å². The quantitative estimate of drug-likeness (QED) is 0.465. The highest BCUT2D eigenvalue weighted by molar-refractivity contribution is 6.03. The lowest BCUT2D eigenvalue weighted by Gasteiger charge is -2.26. The van der Waals surface area contributed by atoms with E-state index in [-0.39, 0.29) is 18.5 Å². The summed E-state index contributed by atoms with van der Waals surface area (Å²) in [6, 6.07) is 4.77. The summed E-state index contributed by atoms with van der Waals surface area (Å²) in [6.45, 7) is 1.64. The molecule has 142 valence electrons. The van der Waals surface area contributed by atoms with Crippen molar-refractivity contribution >= 4 is 17.4 Å². The Kier molecular flexibility index (Phi) is 4.30. The van der Waals surface area contributed by atoms with Gasteiger partial charge < -0.3 is 10.2 Å². The number of rotatable bonds is 1. The Bertz CT molecular complexity index is 947. The molecular weight excluding hydrogens is 362 g/mol. The summed E-state index contributed by atoms with van der Waals surface area (Å²) in [5.41, 5.74) is 1.91. The van der Waals surface area contributed by atoms with Crippen LogP contribution in [0.25, 0.3) is 0 Å². The van der Waals surface area contributed by atoms with Crippen LogP contribution in [-0.2, 0) is 19.4 Å². The number of hydrogen-bond donors (Lipinski definition) is 1. The van der Waals surface area contributed by atoms with Gasteiger partial charge in [-0.15, -0.1) is 0 Å². The zero-order chi connectivity index (χ0) is 19.3. The molecule has 27 heavy (non-hydrogen) atoms. The van der Waals surface area contributed by atoms with Crippen LogP contribution in [0.15, 0.2) is 18.2 Å². The molecule has 4 nitrogen and oxygen atoms in total. The second kappa shape index (κ2) is 6.53. The van der Waals surface area contributed by atoms with E-state index in [1.165, 1.54) is 5.56 Å². The predicted octanol–water partition coefficient (Wildman–Crippen LogP) is 3.83. The number of carbonyl (C=O) groups excluding carboxylic acids is 1. The molecule has 0 aliphatic carbocycles. The first-order chi connectivity index (χ1) is 12.9. The highest BCUT2D eigenvalue weighted by atomic mass is 19.2. The second-order valence-electron chi connectivity index (χ2n) is 6.89. The van der Waals surface area contributed by atoms with Gasteiger partial charge in [-0.2, -0.15) is 0 Å². The Hall–Kier alpha value is -2.61. The molecular formula is C19H17F4N3O. The van der Waals surface area contributed by atoms with Crippen molar-refractivity contribution in [2.45, 2.75) is 19.4 Å². The summed E-state index contributed by atoms with van der Waals surface area (Å²) in [5, 5.41) is 2.63. The lowest BCUT2D eigenvalue weighted by molar-refractivity contribution is 0.257. The molecule has 0 fully saturated rings. The van der Waals surface area contributed by atoms with E-state index in [1.807, 2.05) is 19.2 Å². The van der Waals surface area contributed by atoms with Crippen molar-refractivity contribution in [2.75, 3.05) is 30.4 Å². The van der Waals surface area contributed by atoms with Crippen molar-refractivity contribution in [1.29, 1.82) is 0 Å². The molecule has 0 atom stereocenters. The smallest absolute Gasteiger partial charge is 0.308 e. The Morgan fingerprint density at radius 1 is 0.963 bits per heavy atom. The van der Waals surface area contributed by atoms with E-state index >= 15 is 0 Å². The fraction of sp³-hybridized carbons (Fsp3) is 0.316. The summed E-state index contributed by atoms with van der Waals surface area (Å²) in [7, 11) is 2.00. The number of fused-ring (bicyclic) bond motifs is 2. The normalized spacial score (nSPS) is 16.3. The lowest BCUT2D eigenvalue weighted by Crippen LogP contribution is -2.34. The molecule has 2 amide bonds. The molecule has 2 aliphatic heterocycles. The fourth-order valence-electron chi connectivity index (χ4n) is 3.68. The van der Waals surface area contributed by atoms with Gasteiger partial charge in [0.25, 0.3) is 0 Å². The first kappa shape index (κ1) is 17.8. The van der Waals surface area contributed by atoms with Crippen LogP contribution in [0.5, 0.6) is 0 Å². The van der Waals surface area contributed by atoms with Crippen molar-refractivity contribution in [3.63, 3.8) is 0 Å². The molecule has 2 aliphatic rings. The SMILES string of the molecule is CN1CCc2ccc(NC(=O)N3CCc4c(F)c(F)c(F)c(F)c43)cc2C1. The Morgan fingerprint density at radius 3 is 2.48 bits per heavy atom. The van der Waals surface area contributed by atoms with Gasteiger partial charge in [0.05, 0.1) is 5.69 Å². The van der Waals surface area contributed by atoms with E-state index in [1.54, 1.807) is 6.07 Å². The van der Waals surface area contributed by atoms with Crippen LogP contribution in [0.2, 0.25) is 0 Å². The molecule has 8 heteroatoms. The zero-order valence-corrected chi connectivity index (χ0v) is 14.6. The minimum atomic E-state index is -1.91. The summed E-state index contributed by atoms with van der Waals surface area (Å²) in [4.78, 5) is 15.6. The van der Waals surface area contributed by atoms with Crippen LogP contribution < -0.4 is 10.2 Å². The van der Waals surface area contributed by atoms with Crippen molar-refractivity contribution in [2.24, 2.45) is 0 Å². The Labute approximate surface area is 153 Å². The Balaban J connectivity index is 1.61. The number of halogens is 4. The molecule has 1 N–H and O–H groups in total. The van der Waals surface area contributed by atoms with E-state index in [4.69, 9.17) is 0 Å². The average Bonchev–Trinajstić information content (AvgIpc) is 3.09. The van der Waals surface area contributed by atoms with Crippen LogP contribution in [0, 0.1) is 23.3 Å². The number of hydrogen-bond acceptors (Lipinski definition) is 2. The van der Waals surface area contributed by atoms with Gasteiger partial charge in [0.2, 0.25) is 0 Å². The van der Waals surface area contributed by atoms with E-state index in [2.05, 4.69) is 10.2 Å². The molecule has 4 rings (SSSR count). The third-order valence-corrected chi connectivity index (χ3v) is 5.10. The molecule has 2 aromatic rings. The van der Waals surface area contributed by atoms with Crippen molar-refractivity contribution in [1.82, 2.24) is 4.90 Å². The van der Waals surface area contributed by atoms with E-state index in [0.717, 1.165) is 30.0 Å². The number of amides is 2. The van der Waals surface area contributed by atoms with Gasteiger partial charge in [-0.1, -0.05) is 6.07 Å². The minimum Gasteiger partial charge on any atom is -0.308 e. The average molecular weight is 379 g/mol. The maximum absolute atomic E-state index is 14.2. The molecule has 0 aromatic heterocycles. The van der Waals surface area contributed by atoms with Gasteiger partial charge in [0.1, 0.15) is 0 Å². The van der Waals surface area contributed by atoms with Gasteiger partial charge >= 0.3 is 6.03 Å². The van der Waals surface area contributed by atoms with Crippen LogP contribution in [-0.4, -0.2) is 31.1 Å². The van der Waals surface area contributed by atoms with E-state index in [9.17, 15) is 22.4 Å². The maximum atomic E-state index is 14.2. The molecule has 0 spiro atoms. The van der Waals surface area contributed by atoms with Gasteiger partial charge in [0.15, 0.2) is 23.3 Å². The number of nitrogens with one attached hydrogen (secondary N) is 1. The number of urea groups is 1. The molecule has 0 bridgehead atoms. The topological polar surface area (TPSA) is 35.6 Å². The third kappa shape index (κ3) is 2.93. The number of nitrogens with zero attached hydrogens (tertiary/aromatic N) is 2. The van der Waals surface area contributed by atoms with Crippen molar-refractivity contribution in [3.05, 3.63) is 58.2 Å². The second-order valence-corrected chi connectivity index (χ2v) is 6.89. The molecule has 2 heterocycles. The van der Waals surface area contributed by atoms with Crippen molar-refractivity contribution in [3.8, 4) is 0 Å². The molecule has 0 radical (unpaired) electrons. The number of carbonyl (C=O) groups is 1. The minimum absolute atomic E-state index is 0.0639. The standard InChI is InChI=1S/C19H17F4N3O/c1-25-6-4-10-2-3-12(8-11(10)9-25)24-19(27)26-7-5-13-14(20)15(21)16(22)17(23)18(13)26/h2-3,8H,4-7,9H2,1H3,(H,24,27). The largest absolute Gasteiger partial charge is 0.326 e. The van der Waals surface area contributed by atoms with Crippen LogP contribution >= 0.6 is 0 Å². The van der Waals surface area contributed by atoms with E-state index in [0.29, 0.717) is 5.69 Å². The monoisotopic (exact) mass is 379 g/mol. The molecule has 0 unspecified atom stereocenters. The number of anilines is 2. The molecule has 2 aromatic carbocycles. The van der Waals surface area contributed by atoms with Crippen LogP contribution in [0.1, 0.15) is 16.7 Å². The summed E-state index contributed by atoms with van der Waals surface area (Å²) in [5.74, 6) is -6.77. The van der Waals surface area contributed by atoms with E-state index < -0.39 is 35.0 Å². The first-order valence-corrected chi connectivity index (χ1v) is 8.60. The van der Waals surface area contributed by atoms with Gasteiger partial charge in [-0.3, -0.25) is 4.90 Å². The predicted molar refractivity (Wildman–Crippen MR) is 92.8 cm³/mol. The zero-order valence-electron chi connectivity index (χ0n) is 14.6. The Morgan fingerprint density at radius 2 is 1.70 bits per heavy atom. The van der Waals surface area contributed by atoms with Gasteiger partial charge in [0, 0.05) is 30.9 Å². The van der Waals surface area contributed by atoms with Gasteiger partial charge in [-0.25, -0.2) is 22.4 Å². The summed E-state index contributed by atoms with van der Waals surface area (Å²) in [6.07, 6.45) is 0.826. The fourth-order valence-corrected chi connectivity index (χ4v) is 3.68. The maximum Gasteiger partial charge on any atom is 0.326 e. The third-order valence-electron chi connectivity index (χ3n) is 5.10. The lowest BCUT2D eigenvalue weighted by atomic mass is 9.99. The van der Waals surface area contributed by atoms with Crippen LogP contribution in [0.4, 0.5) is 33.7 Å². The number of likely N-dealkylation sites (N-methyl/N-ethyl adjacent to an activating group) is 1. The summed E-state index contributed by atoms with van der Waals surface area (Å²) < 4.78 is 55.0. The first-order valence-electron chi connectivity index (χ1n) is 8.60. The highest BCUT2D eigenvalue weighted by Gasteiger charge is 2.35. The van der Waals surface area contributed by atoms with Crippen LogP contribution in [0.3, 0.4) is 0 Å². The van der Waals surface area contributed by atoms with Gasteiger partial charge in [-0.05, 0) is 43.1 Å².